The van der Waals surface area contributed by atoms with E-state index in [-0.39, 0.29) is 11.9 Å². The Morgan fingerprint density at radius 3 is 2.69 bits per heavy atom. The van der Waals surface area contributed by atoms with Crippen molar-refractivity contribution in [3.8, 4) is 11.1 Å². The standard InChI is InChI=1S/C26H21ClN4O/c27-18-9-10-22-20(13-18)24(17-7-8-17)30-23(26(32)31-22)12-15-3-5-16(6-4-15)21-14-29-25-19(21)2-1-11-28-25/h1-6,9-11,13-14,23,30H,7-8,12H2,(H,28,29)(H,31,32). The van der Waals surface area contributed by atoms with E-state index in [0.717, 1.165) is 57.5 Å². The Morgan fingerprint density at radius 2 is 1.88 bits per heavy atom. The number of nitrogens with one attached hydrogen (secondary N) is 3. The molecule has 2 aliphatic rings. The minimum absolute atomic E-state index is 0.0309. The molecule has 0 radical (unpaired) electrons. The third kappa shape index (κ3) is 3.45. The van der Waals surface area contributed by atoms with Gasteiger partial charge in [-0.25, -0.2) is 4.98 Å². The lowest BCUT2D eigenvalue weighted by Crippen LogP contribution is -2.39. The molecule has 158 valence electrons. The predicted molar refractivity (Wildman–Crippen MR) is 128 cm³/mol. The molecular weight excluding hydrogens is 420 g/mol. The quantitative estimate of drug-likeness (QED) is 0.391. The average molecular weight is 441 g/mol. The number of aromatic amines is 1. The van der Waals surface area contributed by atoms with E-state index in [4.69, 9.17) is 11.6 Å². The number of anilines is 1. The zero-order valence-corrected chi connectivity index (χ0v) is 18.0. The number of pyridine rings is 1. The highest BCUT2D eigenvalue weighted by Gasteiger charge is 2.30. The Balaban J connectivity index is 1.27. The zero-order chi connectivity index (χ0) is 21.7. The van der Waals surface area contributed by atoms with Crippen molar-refractivity contribution in [2.75, 3.05) is 5.32 Å². The summed E-state index contributed by atoms with van der Waals surface area (Å²) in [7, 11) is 0. The number of halogens is 1. The molecule has 0 spiro atoms. The first-order chi connectivity index (χ1) is 15.7. The number of carbonyl (C=O) groups is 1. The van der Waals surface area contributed by atoms with Crippen molar-refractivity contribution < 1.29 is 4.79 Å². The van der Waals surface area contributed by atoms with Crippen molar-refractivity contribution in [1.82, 2.24) is 15.3 Å². The number of fused-ring (bicyclic) bond motifs is 2. The molecule has 3 heterocycles. The molecule has 32 heavy (non-hydrogen) atoms. The fourth-order valence-electron chi connectivity index (χ4n) is 4.37. The van der Waals surface area contributed by atoms with Crippen molar-refractivity contribution in [3.63, 3.8) is 0 Å². The number of benzene rings is 2. The Hall–Kier alpha value is -3.57. The molecule has 2 aromatic heterocycles. The van der Waals surface area contributed by atoms with Gasteiger partial charge in [-0.3, -0.25) is 4.79 Å². The Labute approximate surface area is 190 Å². The third-order valence-corrected chi connectivity index (χ3v) is 6.39. The second-order valence-corrected chi connectivity index (χ2v) is 8.79. The lowest BCUT2D eigenvalue weighted by molar-refractivity contribution is -0.117. The van der Waals surface area contributed by atoms with E-state index >= 15 is 0 Å². The van der Waals surface area contributed by atoms with E-state index in [9.17, 15) is 4.79 Å². The van der Waals surface area contributed by atoms with Gasteiger partial charge in [-0.15, -0.1) is 0 Å². The van der Waals surface area contributed by atoms with Gasteiger partial charge in [0.15, 0.2) is 0 Å². The van der Waals surface area contributed by atoms with Crippen molar-refractivity contribution in [3.05, 3.63) is 88.7 Å². The summed E-state index contributed by atoms with van der Waals surface area (Å²) in [6.45, 7) is 0. The van der Waals surface area contributed by atoms with Crippen LogP contribution in [-0.2, 0) is 11.2 Å². The van der Waals surface area contributed by atoms with Gasteiger partial charge in [-0.2, -0.15) is 0 Å². The Morgan fingerprint density at radius 1 is 1.03 bits per heavy atom. The molecule has 1 fully saturated rings. The van der Waals surface area contributed by atoms with Gasteiger partial charge in [0, 0.05) is 46.0 Å². The van der Waals surface area contributed by atoms with E-state index < -0.39 is 0 Å². The van der Waals surface area contributed by atoms with Gasteiger partial charge >= 0.3 is 0 Å². The summed E-state index contributed by atoms with van der Waals surface area (Å²) in [6, 6.07) is 17.7. The smallest absolute Gasteiger partial charge is 0.247 e. The molecule has 1 aliphatic heterocycles. The summed E-state index contributed by atoms with van der Waals surface area (Å²) >= 11 is 6.25. The van der Waals surface area contributed by atoms with Gasteiger partial charge in [0.1, 0.15) is 11.7 Å². The molecule has 0 saturated heterocycles. The molecule has 2 aromatic carbocycles. The predicted octanol–water partition coefficient (Wildman–Crippen LogP) is 5.54. The van der Waals surface area contributed by atoms with Gasteiger partial charge in [0.25, 0.3) is 0 Å². The molecule has 1 saturated carbocycles. The molecule has 1 atom stereocenters. The summed E-state index contributed by atoms with van der Waals surface area (Å²) in [4.78, 5) is 20.6. The normalized spacial score (nSPS) is 17.5. The molecule has 3 N–H and O–H groups in total. The van der Waals surface area contributed by atoms with Gasteiger partial charge in [-0.1, -0.05) is 35.9 Å². The minimum Gasteiger partial charge on any atom is -0.373 e. The maximum absolute atomic E-state index is 13.0. The fourth-order valence-corrected chi connectivity index (χ4v) is 4.54. The maximum atomic E-state index is 13.0. The van der Waals surface area contributed by atoms with Crippen LogP contribution in [0.4, 0.5) is 5.69 Å². The zero-order valence-electron chi connectivity index (χ0n) is 17.3. The van der Waals surface area contributed by atoms with E-state index in [0.29, 0.717) is 11.4 Å². The molecule has 1 amide bonds. The number of carbonyl (C=O) groups excluding carboxylic acids is 1. The number of amides is 1. The molecule has 4 aromatic rings. The van der Waals surface area contributed by atoms with Crippen LogP contribution < -0.4 is 10.6 Å². The Bertz CT molecular complexity index is 1380. The SMILES string of the molecule is O=C1Nc2ccc(Cl)cc2C(=C2CC2)NC1Cc1ccc(-c2c[nH]c3ncccc23)cc1. The first kappa shape index (κ1) is 19.1. The van der Waals surface area contributed by atoms with E-state index in [1.807, 2.05) is 30.5 Å². The monoisotopic (exact) mass is 440 g/mol. The topological polar surface area (TPSA) is 69.8 Å². The second kappa shape index (κ2) is 7.53. The van der Waals surface area contributed by atoms with Crippen LogP contribution in [-0.4, -0.2) is 21.9 Å². The van der Waals surface area contributed by atoms with Gasteiger partial charge in [0.2, 0.25) is 5.91 Å². The number of hydrogen-bond acceptors (Lipinski definition) is 3. The van der Waals surface area contributed by atoms with E-state index in [1.54, 1.807) is 6.20 Å². The highest BCUT2D eigenvalue weighted by atomic mass is 35.5. The van der Waals surface area contributed by atoms with Gasteiger partial charge in [0.05, 0.1) is 5.69 Å². The molecule has 6 rings (SSSR count). The van der Waals surface area contributed by atoms with Crippen LogP contribution in [0.5, 0.6) is 0 Å². The van der Waals surface area contributed by atoms with Crippen molar-refractivity contribution >= 4 is 39.9 Å². The van der Waals surface area contributed by atoms with Crippen LogP contribution in [0.3, 0.4) is 0 Å². The summed E-state index contributed by atoms with van der Waals surface area (Å²) in [5.74, 6) is -0.0309. The second-order valence-electron chi connectivity index (χ2n) is 8.36. The maximum Gasteiger partial charge on any atom is 0.247 e. The number of H-pyrrole nitrogens is 1. The number of rotatable bonds is 3. The van der Waals surface area contributed by atoms with Crippen LogP contribution in [0.2, 0.25) is 5.02 Å². The molecule has 0 bridgehead atoms. The van der Waals surface area contributed by atoms with E-state index in [1.165, 1.54) is 5.57 Å². The minimum atomic E-state index is -0.354. The molecular formula is C26H21ClN4O. The first-order valence-corrected chi connectivity index (χ1v) is 11.1. The van der Waals surface area contributed by atoms with E-state index in [2.05, 4.69) is 50.9 Å². The molecule has 1 aliphatic carbocycles. The first-order valence-electron chi connectivity index (χ1n) is 10.8. The molecule has 6 heteroatoms. The van der Waals surface area contributed by atoms with Crippen molar-refractivity contribution in [1.29, 1.82) is 0 Å². The average Bonchev–Trinajstić information content (AvgIpc) is 3.58. The highest BCUT2D eigenvalue weighted by molar-refractivity contribution is 6.31. The van der Waals surface area contributed by atoms with Gasteiger partial charge in [-0.05, 0) is 59.9 Å². The number of aromatic nitrogens is 2. The number of hydrogen-bond donors (Lipinski definition) is 3. The van der Waals surface area contributed by atoms with Crippen LogP contribution >= 0.6 is 11.6 Å². The largest absolute Gasteiger partial charge is 0.373 e. The molecule has 5 nitrogen and oxygen atoms in total. The van der Waals surface area contributed by atoms with Crippen LogP contribution in [0, 0.1) is 0 Å². The van der Waals surface area contributed by atoms with Crippen LogP contribution in [0.1, 0.15) is 24.0 Å². The summed E-state index contributed by atoms with van der Waals surface area (Å²) in [6.07, 6.45) is 6.49. The van der Waals surface area contributed by atoms with Crippen molar-refractivity contribution in [2.24, 2.45) is 0 Å². The van der Waals surface area contributed by atoms with Crippen LogP contribution in [0.15, 0.2) is 72.6 Å². The summed E-state index contributed by atoms with van der Waals surface area (Å²) < 4.78 is 0. The van der Waals surface area contributed by atoms with Crippen molar-refractivity contribution in [2.45, 2.75) is 25.3 Å². The lowest BCUT2D eigenvalue weighted by Gasteiger charge is -2.17. The van der Waals surface area contributed by atoms with Crippen LogP contribution in [0.25, 0.3) is 27.9 Å². The summed E-state index contributed by atoms with van der Waals surface area (Å²) in [5.41, 5.74) is 8.41. The third-order valence-electron chi connectivity index (χ3n) is 6.15. The highest BCUT2D eigenvalue weighted by Crippen LogP contribution is 2.39. The Kier molecular flexibility index (Phi) is 4.51. The lowest BCUT2D eigenvalue weighted by atomic mass is 10.00. The number of nitrogens with zero attached hydrogens (tertiary/aromatic N) is 1. The summed E-state index contributed by atoms with van der Waals surface area (Å²) in [5, 5.41) is 8.37. The van der Waals surface area contributed by atoms with Gasteiger partial charge < -0.3 is 15.6 Å². The molecule has 1 unspecified atom stereocenters. The number of allylic oxidation sites excluding steroid dienone is 1. The fraction of sp³-hybridized carbons (Fsp3) is 0.154.